The summed E-state index contributed by atoms with van der Waals surface area (Å²) in [5, 5.41) is 4.04. The van der Waals surface area contributed by atoms with Crippen LogP contribution in [0.3, 0.4) is 0 Å². The molecule has 0 saturated heterocycles. The Hall–Kier alpha value is -1.57. The molecular weight excluding hydrogens is 400 g/mol. The number of fused-ring (bicyclic) bond motifs is 1. The summed E-state index contributed by atoms with van der Waals surface area (Å²) in [4.78, 5) is 23.6. The number of aromatic nitrogens is 3. The van der Waals surface area contributed by atoms with Gasteiger partial charge in [0.2, 0.25) is 5.91 Å². The number of imidazole rings is 1. The van der Waals surface area contributed by atoms with E-state index in [2.05, 4.69) is 36.2 Å². The second-order valence-electron chi connectivity index (χ2n) is 4.89. The number of anilines is 1. The lowest BCUT2D eigenvalue weighted by Crippen LogP contribution is -2.14. The van der Waals surface area contributed by atoms with E-state index in [1.807, 2.05) is 25.1 Å². The Labute approximate surface area is 150 Å². The van der Waals surface area contributed by atoms with Crippen molar-refractivity contribution >= 4 is 62.1 Å². The van der Waals surface area contributed by atoms with Gasteiger partial charge in [-0.2, -0.15) is 0 Å². The molecule has 2 N–H and O–H groups in total. The summed E-state index contributed by atoms with van der Waals surface area (Å²) in [5.41, 5.74) is 3.21. The van der Waals surface area contributed by atoms with Crippen LogP contribution in [0, 0.1) is 6.92 Å². The lowest BCUT2D eigenvalue weighted by atomic mass is 10.2. The molecule has 8 heteroatoms. The van der Waals surface area contributed by atoms with Gasteiger partial charge in [-0.1, -0.05) is 29.4 Å². The second kappa shape index (κ2) is 6.90. The Morgan fingerprint density at radius 3 is 3.04 bits per heavy atom. The molecule has 3 aromatic rings. The summed E-state index contributed by atoms with van der Waals surface area (Å²) in [5.74, 6) is 0.138. The van der Waals surface area contributed by atoms with Crippen LogP contribution in [0.2, 0.25) is 5.02 Å². The number of hydrogen-bond acceptors (Lipinski definition) is 4. The van der Waals surface area contributed by atoms with Gasteiger partial charge in [-0.3, -0.25) is 4.79 Å². The third-order valence-electron chi connectivity index (χ3n) is 3.02. The number of thioether (sulfide) groups is 1. The molecule has 1 aromatic carbocycles. The first-order valence-corrected chi connectivity index (χ1v) is 8.87. The molecular formula is C15H12BrClN4OS. The lowest BCUT2D eigenvalue weighted by molar-refractivity contribution is -0.113. The van der Waals surface area contributed by atoms with Crippen molar-refractivity contribution in [1.82, 2.24) is 15.0 Å². The van der Waals surface area contributed by atoms with Crippen LogP contribution < -0.4 is 5.32 Å². The molecule has 0 fully saturated rings. The second-order valence-corrected chi connectivity index (χ2v) is 7.14. The van der Waals surface area contributed by atoms with Crippen LogP contribution in [0.4, 0.5) is 5.69 Å². The summed E-state index contributed by atoms with van der Waals surface area (Å²) in [7, 11) is 0. The van der Waals surface area contributed by atoms with Gasteiger partial charge in [0.05, 0.1) is 22.0 Å². The van der Waals surface area contributed by atoms with Gasteiger partial charge in [-0.05, 0) is 46.6 Å². The molecule has 0 spiro atoms. The molecule has 23 heavy (non-hydrogen) atoms. The van der Waals surface area contributed by atoms with E-state index in [0.717, 1.165) is 21.2 Å². The Morgan fingerprint density at radius 2 is 2.26 bits per heavy atom. The van der Waals surface area contributed by atoms with Gasteiger partial charge in [0, 0.05) is 10.7 Å². The molecule has 0 unspecified atom stereocenters. The highest BCUT2D eigenvalue weighted by Gasteiger charge is 2.10. The zero-order valence-corrected chi connectivity index (χ0v) is 15.2. The first-order valence-electron chi connectivity index (χ1n) is 6.71. The predicted octanol–water partition coefficient (Wildman–Crippen LogP) is 4.41. The molecule has 5 nitrogen and oxygen atoms in total. The molecule has 0 bridgehead atoms. The van der Waals surface area contributed by atoms with Crippen molar-refractivity contribution in [1.29, 1.82) is 0 Å². The first kappa shape index (κ1) is 16.3. The van der Waals surface area contributed by atoms with E-state index in [4.69, 9.17) is 11.6 Å². The average molecular weight is 412 g/mol. The van der Waals surface area contributed by atoms with Crippen LogP contribution in [0.25, 0.3) is 11.2 Å². The number of carbonyl (C=O) groups is 1. The highest BCUT2D eigenvalue weighted by molar-refractivity contribution is 9.10. The van der Waals surface area contributed by atoms with Crippen molar-refractivity contribution in [2.24, 2.45) is 0 Å². The van der Waals surface area contributed by atoms with E-state index < -0.39 is 0 Å². The van der Waals surface area contributed by atoms with Crippen LogP contribution in [0.1, 0.15) is 5.56 Å². The fourth-order valence-electron chi connectivity index (χ4n) is 1.96. The molecule has 0 radical (unpaired) electrons. The molecule has 1 amide bonds. The van der Waals surface area contributed by atoms with Crippen LogP contribution in [0.15, 0.2) is 40.1 Å². The Balaban J connectivity index is 1.63. The third-order valence-corrected chi connectivity index (χ3v) is 4.76. The van der Waals surface area contributed by atoms with E-state index in [-0.39, 0.29) is 11.7 Å². The molecule has 2 aromatic heterocycles. The SMILES string of the molecule is Cc1ccc(NC(=O)CSc2nc3ncc(Cl)cc3[nH]2)c(Br)c1. The third kappa shape index (κ3) is 4.04. The van der Waals surface area contributed by atoms with Crippen molar-refractivity contribution < 1.29 is 4.79 Å². The maximum absolute atomic E-state index is 12.1. The zero-order valence-electron chi connectivity index (χ0n) is 12.1. The molecule has 3 rings (SSSR count). The van der Waals surface area contributed by atoms with E-state index >= 15 is 0 Å². The van der Waals surface area contributed by atoms with E-state index in [1.54, 1.807) is 12.3 Å². The van der Waals surface area contributed by atoms with Crippen molar-refractivity contribution in [3.63, 3.8) is 0 Å². The summed E-state index contributed by atoms with van der Waals surface area (Å²) in [6, 6.07) is 7.53. The average Bonchev–Trinajstić information content (AvgIpc) is 2.90. The highest BCUT2D eigenvalue weighted by atomic mass is 79.9. The molecule has 118 valence electrons. The van der Waals surface area contributed by atoms with Gasteiger partial charge >= 0.3 is 0 Å². The van der Waals surface area contributed by atoms with E-state index in [0.29, 0.717) is 15.8 Å². The molecule has 0 aliphatic rings. The van der Waals surface area contributed by atoms with Gasteiger partial charge < -0.3 is 10.3 Å². The molecule has 0 atom stereocenters. The summed E-state index contributed by atoms with van der Waals surface area (Å²) in [6.07, 6.45) is 1.54. The van der Waals surface area contributed by atoms with Crippen LogP contribution in [0.5, 0.6) is 0 Å². The van der Waals surface area contributed by atoms with Crippen molar-refractivity contribution in [2.75, 3.05) is 11.1 Å². The monoisotopic (exact) mass is 410 g/mol. The quantitative estimate of drug-likeness (QED) is 0.624. The number of amides is 1. The topological polar surface area (TPSA) is 70.7 Å². The molecule has 0 aliphatic heterocycles. The number of halogens is 2. The number of rotatable bonds is 4. The van der Waals surface area contributed by atoms with Crippen molar-refractivity contribution in [3.8, 4) is 0 Å². The largest absolute Gasteiger partial charge is 0.331 e. The smallest absolute Gasteiger partial charge is 0.234 e. The summed E-state index contributed by atoms with van der Waals surface area (Å²) in [6.45, 7) is 1.99. The molecule has 2 heterocycles. The zero-order chi connectivity index (χ0) is 16.4. The standard InChI is InChI=1S/C15H12BrClN4OS/c1-8-2-3-11(10(16)4-8)19-13(22)7-23-15-20-12-5-9(17)6-18-14(12)21-15/h2-6H,7H2,1H3,(H,19,22)(H,18,20,21). The minimum Gasteiger partial charge on any atom is -0.331 e. The maximum atomic E-state index is 12.1. The minimum absolute atomic E-state index is 0.106. The number of aryl methyl sites for hydroxylation is 1. The highest BCUT2D eigenvalue weighted by Crippen LogP contribution is 2.24. The number of aromatic amines is 1. The normalized spacial score (nSPS) is 10.9. The van der Waals surface area contributed by atoms with E-state index in [9.17, 15) is 4.79 Å². The number of H-pyrrole nitrogens is 1. The maximum Gasteiger partial charge on any atom is 0.234 e. The number of pyridine rings is 1. The minimum atomic E-state index is -0.106. The Kier molecular flexibility index (Phi) is 4.89. The Morgan fingerprint density at radius 1 is 1.43 bits per heavy atom. The number of nitrogens with one attached hydrogen (secondary N) is 2. The predicted molar refractivity (Wildman–Crippen MR) is 97.1 cm³/mol. The van der Waals surface area contributed by atoms with Gasteiger partial charge in [0.1, 0.15) is 0 Å². The number of nitrogens with zero attached hydrogens (tertiary/aromatic N) is 2. The Bertz CT molecular complexity index is 883. The molecule has 0 saturated carbocycles. The first-order chi connectivity index (χ1) is 11.0. The van der Waals surface area contributed by atoms with Gasteiger partial charge in [-0.15, -0.1) is 0 Å². The number of hydrogen-bond donors (Lipinski definition) is 2. The molecule has 0 aliphatic carbocycles. The number of benzene rings is 1. The van der Waals surface area contributed by atoms with E-state index in [1.165, 1.54) is 11.8 Å². The van der Waals surface area contributed by atoms with Crippen LogP contribution in [-0.2, 0) is 4.79 Å². The van der Waals surface area contributed by atoms with Crippen molar-refractivity contribution in [3.05, 3.63) is 45.5 Å². The summed E-state index contributed by atoms with van der Waals surface area (Å²) >= 11 is 10.6. The van der Waals surface area contributed by atoms with Crippen molar-refractivity contribution in [2.45, 2.75) is 12.1 Å². The van der Waals surface area contributed by atoms with Gasteiger partial charge in [0.25, 0.3) is 0 Å². The van der Waals surface area contributed by atoms with Crippen LogP contribution >= 0.6 is 39.3 Å². The van der Waals surface area contributed by atoms with Crippen LogP contribution in [-0.4, -0.2) is 26.6 Å². The van der Waals surface area contributed by atoms with Gasteiger partial charge in [-0.25, -0.2) is 9.97 Å². The lowest BCUT2D eigenvalue weighted by Gasteiger charge is -2.07. The fourth-order valence-corrected chi connectivity index (χ4v) is 3.39. The van der Waals surface area contributed by atoms with Gasteiger partial charge in [0.15, 0.2) is 10.8 Å². The fraction of sp³-hybridized carbons (Fsp3) is 0.133. The number of carbonyl (C=O) groups excluding carboxylic acids is 1. The summed E-state index contributed by atoms with van der Waals surface area (Å²) < 4.78 is 0.860.